The van der Waals surface area contributed by atoms with Crippen molar-refractivity contribution in [3.05, 3.63) is 0 Å². The summed E-state index contributed by atoms with van der Waals surface area (Å²) in [4.78, 5) is 5.93. The Balaban J connectivity index is 1.67. The van der Waals surface area contributed by atoms with Crippen LogP contribution in [0, 0.1) is 29.6 Å². The Bertz CT molecular complexity index is 431. The van der Waals surface area contributed by atoms with Gasteiger partial charge in [0.25, 0.3) is 0 Å². The zero-order valence-electron chi connectivity index (χ0n) is 16.8. The number of nitrogens with zero attached hydrogens (tertiary/aromatic N) is 1. The highest BCUT2D eigenvalue weighted by Crippen LogP contribution is 2.40. The third-order valence-corrected chi connectivity index (χ3v) is 8.34. The Hall–Kier alpha value is 0.110. The molecule has 0 aromatic rings. The highest BCUT2D eigenvalue weighted by Gasteiger charge is 2.38. The van der Waals surface area contributed by atoms with Crippen molar-refractivity contribution in [1.82, 2.24) is 5.32 Å². The molecule has 1 N–H and O–H groups in total. The number of nitrogens with one attached hydrogen (secondary N) is 1. The van der Waals surface area contributed by atoms with Crippen LogP contribution in [-0.4, -0.2) is 29.2 Å². The number of rotatable bonds is 4. The van der Waals surface area contributed by atoms with Crippen LogP contribution in [0.1, 0.15) is 79.1 Å². The summed E-state index contributed by atoms with van der Waals surface area (Å²) in [6.07, 6.45) is 13.2. The zero-order chi connectivity index (χ0) is 18.0. The lowest BCUT2D eigenvalue weighted by Crippen LogP contribution is -2.54. The normalized spacial score (nSPS) is 42.9. The van der Waals surface area contributed by atoms with Crippen molar-refractivity contribution in [2.45, 2.75) is 102 Å². The van der Waals surface area contributed by atoms with Gasteiger partial charge in [0.2, 0.25) is 0 Å². The summed E-state index contributed by atoms with van der Waals surface area (Å²) in [6.45, 7) is 9.60. The number of hydrogen-bond donors (Lipinski definition) is 1. The molecule has 1 heterocycles. The first-order valence-corrected chi connectivity index (χ1v) is 11.8. The lowest BCUT2D eigenvalue weighted by Gasteiger charge is -2.43. The summed E-state index contributed by atoms with van der Waals surface area (Å²) in [5.41, 5.74) is 0. The van der Waals surface area contributed by atoms with Crippen molar-refractivity contribution in [3.63, 3.8) is 0 Å². The molecule has 6 unspecified atom stereocenters. The van der Waals surface area contributed by atoms with Crippen LogP contribution in [0.2, 0.25) is 0 Å². The van der Waals surface area contributed by atoms with E-state index in [1.165, 1.54) is 51.4 Å². The predicted molar refractivity (Wildman–Crippen MR) is 113 cm³/mol. The Kier molecular flexibility index (Phi) is 7.04. The lowest BCUT2D eigenvalue weighted by atomic mass is 9.69. The van der Waals surface area contributed by atoms with E-state index in [-0.39, 0.29) is 0 Å². The van der Waals surface area contributed by atoms with Gasteiger partial charge in [0.15, 0.2) is 0 Å². The lowest BCUT2D eigenvalue weighted by molar-refractivity contribution is 0.142. The van der Waals surface area contributed by atoms with Gasteiger partial charge in [-0.3, -0.25) is 4.99 Å². The Morgan fingerprint density at radius 1 is 0.880 bits per heavy atom. The first kappa shape index (κ1) is 19.9. The molecule has 0 radical (unpaired) electrons. The van der Waals surface area contributed by atoms with Crippen molar-refractivity contribution in [2.24, 2.45) is 34.6 Å². The van der Waals surface area contributed by atoms with E-state index >= 15 is 0 Å². The molecule has 144 valence electrons. The first-order valence-electron chi connectivity index (χ1n) is 10.9. The van der Waals surface area contributed by atoms with Crippen LogP contribution in [0.4, 0.5) is 0 Å². The molecule has 1 aliphatic heterocycles. The molecule has 2 saturated carbocycles. The van der Waals surface area contributed by atoms with E-state index < -0.39 is 0 Å². The molecule has 1 saturated heterocycles. The molecular weight excluding hydrogens is 372 g/mol. The number of hydrogen-bond acceptors (Lipinski definition) is 2. The summed E-state index contributed by atoms with van der Waals surface area (Å²) in [5, 5.41) is 3.94. The molecule has 0 amide bonds. The van der Waals surface area contributed by atoms with Gasteiger partial charge in [-0.2, -0.15) is 0 Å². The predicted octanol–water partition coefficient (Wildman–Crippen LogP) is 5.84. The second kappa shape index (κ2) is 8.87. The van der Waals surface area contributed by atoms with Gasteiger partial charge in [0, 0.05) is 23.1 Å². The van der Waals surface area contributed by atoms with Crippen LogP contribution in [0.15, 0.2) is 4.99 Å². The van der Waals surface area contributed by atoms with E-state index in [4.69, 9.17) is 4.99 Å². The maximum Gasteiger partial charge on any atom is 0.0557 e. The average Bonchev–Trinajstić information content (AvgIpc) is 2.60. The van der Waals surface area contributed by atoms with Gasteiger partial charge in [-0.25, -0.2) is 0 Å². The Morgan fingerprint density at radius 3 is 2.16 bits per heavy atom. The highest BCUT2D eigenvalue weighted by atomic mass is 79.9. The number of halogens is 1. The molecule has 3 rings (SSSR count). The molecule has 3 aliphatic rings. The minimum absolute atomic E-state index is 0.488. The second-order valence-corrected chi connectivity index (χ2v) is 10.8. The van der Waals surface area contributed by atoms with Gasteiger partial charge in [-0.15, -0.1) is 0 Å². The molecule has 3 fully saturated rings. The van der Waals surface area contributed by atoms with Crippen LogP contribution in [0.25, 0.3) is 0 Å². The largest absolute Gasteiger partial charge is 0.305 e. The van der Waals surface area contributed by atoms with Crippen LogP contribution in [-0.2, 0) is 0 Å². The van der Waals surface area contributed by atoms with E-state index in [0.717, 1.165) is 29.6 Å². The van der Waals surface area contributed by atoms with Crippen LogP contribution in [0.5, 0.6) is 0 Å². The maximum atomic E-state index is 5.27. The average molecular weight is 411 g/mol. The smallest absolute Gasteiger partial charge is 0.0557 e. The van der Waals surface area contributed by atoms with Crippen molar-refractivity contribution >= 4 is 22.1 Å². The quantitative estimate of drug-likeness (QED) is 0.456. The molecule has 2 nitrogen and oxygen atoms in total. The zero-order valence-corrected chi connectivity index (χ0v) is 18.3. The summed E-state index contributed by atoms with van der Waals surface area (Å²) in [7, 11) is 0. The molecule has 0 bridgehead atoms. The Labute approximate surface area is 164 Å². The first-order chi connectivity index (χ1) is 12.0. The number of piperidine rings is 1. The van der Waals surface area contributed by atoms with Crippen molar-refractivity contribution in [2.75, 3.05) is 0 Å². The number of fused-ring (bicyclic) bond motifs is 1. The van der Waals surface area contributed by atoms with Crippen LogP contribution in [0.3, 0.4) is 0 Å². The van der Waals surface area contributed by atoms with E-state index in [9.17, 15) is 0 Å². The van der Waals surface area contributed by atoms with E-state index in [2.05, 4.69) is 55.2 Å². The molecule has 6 atom stereocenters. The van der Waals surface area contributed by atoms with E-state index in [1.54, 1.807) is 0 Å². The Morgan fingerprint density at radius 2 is 1.52 bits per heavy atom. The van der Waals surface area contributed by atoms with Crippen molar-refractivity contribution in [3.8, 4) is 0 Å². The minimum Gasteiger partial charge on any atom is -0.305 e. The second-order valence-electron chi connectivity index (χ2n) is 9.62. The third-order valence-electron chi connectivity index (χ3n) is 7.31. The summed E-state index contributed by atoms with van der Waals surface area (Å²) < 4.78 is 0. The maximum absolute atomic E-state index is 5.27. The fourth-order valence-electron chi connectivity index (χ4n) is 5.76. The van der Waals surface area contributed by atoms with E-state index in [1.807, 2.05) is 0 Å². The van der Waals surface area contributed by atoms with Crippen molar-refractivity contribution in [1.29, 1.82) is 0 Å². The third kappa shape index (κ3) is 4.69. The van der Waals surface area contributed by atoms with Gasteiger partial charge in [-0.1, -0.05) is 56.5 Å². The standard InChI is InChI=1S/C22H39BrN2/c1-14(2)18-8-6-9-19(15(3)4)22(18)24-13-17-12-11-16-7-5-10-20(23)21(16)25-17/h13-22,25H,5-12H2,1-4H3. The molecule has 0 aromatic heterocycles. The van der Waals surface area contributed by atoms with Gasteiger partial charge < -0.3 is 5.32 Å². The van der Waals surface area contributed by atoms with Crippen LogP contribution >= 0.6 is 15.9 Å². The summed E-state index contributed by atoms with van der Waals surface area (Å²) in [6, 6.07) is 1.69. The van der Waals surface area contributed by atoms with Gasteiger partial charge in [0.05, 0.1) is 6.04 Å². The highest BCUT2D eigenvalue weighted by molar-refractivity contribution is 9.09. The molecule has 2 aliphatic carbocycles. The molecule has 0 spiro atoms. The molecule has 3 heteroatoms. The fourth-order valence-corrected chi connectivity index (χ4v) is 6.67. The van der Waals surface area contributed by atoms with Gasteiger partial charge in [-0.05, 0) is 68.1 Å². The minimum atomic E-state index is 0.488. The topological polar surface area (TPSA) is 24.4 Å². The van der Waals surface area contributed by atoms with E-state index in [0.29, 0.717) is 23.0 Å². The summed E-state index contributed by atoms with van der Waals surface area (Å²) in [5.74, 6) is 3.92. The van der Waals surface area contributed by atoms with Crippen molar-refractivity contribution < 1.29 is 0 Å². The summed E-state index contributed by atoms with van der Waals surface area (Å²) >= 11 is 3.94. The molecule has 25 heavy (non-hydrogen) atoms. The molecular formula is C22H39BrN2. The van der Waals surface area contributed by atoms with Gasteiger partial charge >= 0.3 is 0 Å². The fraction of sp³-hybridized carbons (Fsp3) is 0.955. The monoisotopic (exact) mass is 410 g/mol. The van der Waals surface area contributed by atoms with Gasteiger partial charge in [0.1, 0.15) is 0 Å². The number of alkyl halides is 1. The van der Waals surface area contributed by atoms with Crippen LogP contribution < -0.4 is 5.32 Å². The SMILES string of the molecule is CC(C)C1CCCC(C(C)C)C1N=CC1CCC2CCCC(Br)C2N1. The molecule has 0 aromatic carbocycles. The number of aliphatic imine (C=N–C) groups is 1.